The molecule has 0 spiro atoms. The predicted molar refractivity (Wildman–Crippen MR) is 70.7 cm³/mol. The second-order valence-electron chi connectivity index (χ2n) is 4.08. The number of ether oxygens (including phenoxy) is 2. The van der Waals surface area contributed by atoms with Gasteiger partial charge in [-0.25, -0.2) is 9.18 Å². The largest absolute Gasteiger partial charge is 0.497 e. The molecule has 2 aromatic carbocycles. The van der Waals surface area contributed by atoms with Crippen molar-refractivity contribution >= 4 is 5.97 Å². The van der Waals surface area contributed by atoms with Crippen molar-refractivity contribution < 1.29 is 23.8 Å². The fourth-order valence-electron chi connectivity index (χ4n) is 1.67. The highest BCUT2D eigenvalue weighted by molar-refractivity contribution is 5.91. The first kappa shape index (κ1) is 13.9. The Hall–Kier alpha value is -2.56. The maximum Gasteiger partial charge on any atom is 0.339 e. The number of halogens is 1. The Balaban J connectivity index is 2.18. The summed E-state index contributed by atoms with van der Waals surface area (Å²) in [6, 6.07) is 10.3. The van der Waals surface area contributed by atoms with Crippen LogP contribution in [0, 0.1) is 5.82 Å². The molecule has 2 aromatic rings. The lowest BCUT2D eigenvalue weighted by molar-refractivity contribution is 0.0691. The topological polar surface area (TPSA) is 55.8 Å². The lowest BCUT2D eigenvalue weighted by Gasteiger charge is -2.10. The van der Waals surface area contributed by atoms with Crippen LogP contribution in [0.1, 0.15) is 15.9 Å². The zero-order valence-electron chi connectivity index (χ0n) is 10.8. The van der Waals surface area contributed by atoms with E-state index in [0.717, 1.165) is 5.56 Å². The van der Waals surface area contributed by atoms with Gasteiger partial charge in [0, 0.05) is 6.07 Å². The van der Waals surface area contributed by atoms with Gasteiger partial charge >= 0.3 is 5.97 Å². The summed E-state index contributed by atoms with van der Waals surface area (Å²) >= 11 is 0. The van der Waals surface area contributed by atoms with Crippen LogP contribution in [0.3, 0.4) is 0 Å². The molecule has 0 bridgehead atoms. The summed E-state index contributed by atoms with van der Waals surface area (Å²) in [5.41, 5.74) is 0.790. The lowest BCUT2D eigenvalue weighted by Crippen LogP contribution is -2.04. The van der Waals surface area contributed by atoms with Gasteiger partial charge in [0.1, 0.15) is 29.5 Å². The van der Waals surface area contributed by atoms with E-state index in [2.05, 4.69) is 0 Å². The van der Waals surface area contributed by atoms with E-state index < -0.39 is 5.97 Å². The first-order chi connectivity index (χ1) is 9.60. The minimum absolute atomic E-state index is 0.0490. The second kappa shape index (κ2) is 6.06. The standard InChI is InChI=1S/C15H13FO4/c1-19-12-6-7-13(15(17)18)14(8-12)20-9-10-2-4-11(16)5-3-10/h2-8H,9H2,1H3,(H,17,18). The molecular formula is C15H13FO4. The molecule has 0 saturated carbocycles. The zero-order valence-corrected chi connectivity index (χ0v) is 10.8. The molecular weight excluding hydrogens is 263 g/mol. The van der Waals surface area contributed by atoms with E-state index in [1.54, 1.807) is 18.2 Å². The van der Waals surface area contributed by atoms with Gasteiger partial charge in [0.15, 0.2) is 0 Å². The lowest BCUT2D eigenvalue weighted by atomic mass is 10.2. The number of carboxylic acid groups (broad SMARTS) is 1. The van der Waals surface area contributed by atoms with Crippen molar-refractivity contribution in [2.24, 2.45) is 0 Å². The number of hydrogen-bond acceptors (Lipinski definition) is 3. The highest BCUT2D eigenvalue weighted by Crippen LogP contribution is 2.25. The Bertz CT molecular complexity index is 608. The van der Waals surface area contributed by atoms with Gasteiger partial charge in [-0.3, -0.25) is 0 Å². The third kappa shape index (κ3) is 3.26. The van der Waals surface area contributed by atoms with E-state index in [1.807, 2.05) is 0 Å². The van der Waals surface area contributed by atoms with Gasteiger partial charge in [0.2, 0.25) is 0 Å². The van der Waals surface area contributed by atoms with Crippen LogP contribution >= 0.6 is 0 Å². The number of carboxylic acids is 1. The molecule has 2 rings (SSSR count). The first-order valence-corrected chi connectivity index (χ1v) is 5.88. The van der Waals surface area contributed by atoms with Crippen molar-refractivity contribution in [3.8, 4) is 11.5 Å². The number of methoxy groups -OCH3 is 1. The van der Waals surface area contributed by atoms with E-state index in [4.69, 9.17) is 14.6 Å². The molecule has 0 fully saturated rings. The predicted octanol–water partition coefficient (Wildman–Crippen LogP) is 3.11. The van der Waals surface area contributed by atoms with E-state index in [0.29, 0.717) is 5.75 Å². The SMILES string of the molecule is COc1ccc(C(=O)O)c(OCc2ccc(F)cc2)c1. The van der Waals surface area contributed by atoms with E-state index in [1.165, 1.54) is 31.4 Å². The van der Waals surface area contributed by atoms with Crippen LogP contribution in [0.15, 0.2) is 42.5 Å². The maximum absolute atomic E-state index is 12.8. The van der Waals surface area contributed by atoms with Crippen LogP contribution in [0.2, 0.25) is 0 Å². The molecule has 0 atom stereocenters. The zero-order chi connectivity index (χ0) is 14.5. The molecule has 1 N–H and O–H groups in total. The third-order valence-electron chi connectivity index (χ3n) is 2.73. The average molecular weight is 276 g/mol. The monoisotopic (exact) mass is 276 g/mol. The Kier molecular flexibility index (Phi) is 4.20. The molecule has 5 heteroatoms. The molecule has 0 amide bonds. The molecule has 20 heavy (non-hydrogen) atoms. The smallest absolute Gasteiger partial charge is 0.339 e. The number of rotatable bonds is 5. The van der Waals surface area contributed by atoms with Crippen LogP contribution in [0.4, 0.5) is 4.39 Å². The molecule has 4 nitrogen and oxygen atoms in total. The molecule has 0 saturated heterocycles. The van der Waals surface area contributed by atoms with Crippen molar-refractivity contribution in [2.75, 3.05) is 7.11 Å². The van der Waals surface area contributed by atoms with Crippen LogP contribution in [0.5, 0.6) is 11.5 Å². The van der Waals surface area contributed by atoms with E-state index >= 15 is 0 Å². The molecule has 104 valence electrons. The van der Waals surface area contributed by atoms with Gasteiger partial charge in [0.05, 0.1) is 7.11 Å². The minimum Gasteiger partial charge on any atom is -0.497 e. The number of aromatic carboxylic acids is 1. The molecule has 0 aliphatic rings. The van der Waals surface area contributed by atoms with E-state index in [9.17, 15) is 9.18 Å². The van der Waals surface area contributed by atoms with E-state index in [-0.39, 0.29) is 23.7 Å². The molecule has 0 aromatic heterocycles. The van der Waals surface area contributed by atoms with Crippen molar-refractivity contribution in [2.45, 2.75) is 6.61 Å². The summed E-state index contributed by atoms with van der Waals surface area (Å²) in [4.78, 5) is 11.1. The van der Waals surface area contributed by atoms with Gasteiger partial charge in [-0.15, -0.1) is 0 Å². The summed E-state index contributed by atoms with van der Waals surface area (Å²) in [5.74, 6) is -0.701. The van der Waals surface area contributed by atoms with Crippen molar-refractivity contribution in [1.82, 2.24) is 0 Å². The van der Waals surface area contributed by atoms with Crippen molar-refractivity contribution in [3.05, 3.63) is 59.4 Å². The molecule has 0 aliphatic heterocycles. The number of benzene rings is 2. The highest BCUT2D eigenvalue weighted by atomic mass is 19.1. The minimum atomic E-state index is -1.08. The summed E-state index contributed by atoms with van der Waals surface area (Å²) in [5, 5.41) is 9.09. The van der Waals surface area contributed by atoms with Crippen LogP contribution < -0.4 is 9.47 Å². The van der Waals surface area contributed by atoms with Crippen molar-refractivity contribution in [3.63, 3.8) is 0 Å². The fourth-order valence-corrected chi connectivity index (χ4v) is 1.67. The Morgan fingerprint density at radius 3 is 2.50 bits per heavy atom. The Labute approximate surface area is 115 Å². The Morgan fingerprint density at radius 1 is 1.20 bits per heavy atom. The summed E-state index contributed by atoms with van der Waals surface area (Å²) in [6.45, 7) is 0.147. The van der Waals surface area contributed by atoms with Crippen LogP contribution in [-0.4, -0.2) is 18.2 Å². The van der Waals surface area contributed by atoms with Gasteiger partial charge in [-0.2, -0.15) is 0 Å². The average Bonchev–Trinajstić information content (AvgIpc) is 2.46. The molecule has 0 aliphatic carbocycles. The second-order valence-corrected chi connectivity index (χ2v) is 4.08. The Morgan fingerprint density at radius 2 is 1.90 bits per heavy atom. The summed E-state index contributed by atoms with van der Waals surface area (Å²) in [7, 11) is 1.49. The number of hydrogen-bond donors (Lipinski definition) is 1. The summed E-state index contributed by atoms with van der Waals surface area (Å²) in [6.07, 6.45) is 0. The summed E-state index contributed by atoms with van der Waals surface area (Å²) < 4.78 is 23.3. The quantitative estimate of drug-likeness (QED) is 0.911. The maximum atomic E-state index is 12.8. The fraction of sp³-hybridized carbons (Fsp3) is 0.133. The number of carbonyl (C=O) groups is 1. The van der Waals surface area contributed by atoms with Gasteiger partial charge in [-0.1, -0.05) is 12.1 Å². The van der Waals surface area contributed by atoms with Gasteiger partial charge < -0.3 is 14.6 Å². The van der Waals surface area contributed by atoms with Crippen LogP contribution in [-0.2, 0) is 6.61 Å². The first-order valence-electron chi connectivity index (χ1n) is 5.88. The molecule has 0 unspecified atom stereocenters. The highest BCUT2D eigenvalue weighted by Gasteiger charge is 2.12. The van der Waals surface area contributed by atoms with Gasteiger partial charge in [-0.05, 0) is 29.8 Å². The van der Waals surface area contributed by atoms with Crippen LogP contribution in [0.25, 0.3) is 0 Å². The molecule has 0 heterocycles. The normalized spacial score (nSPS) is 10.1. The molecule has 0 radical (unpaired) electrons. The van der Waals surface area contributed by atoms with Gasteiger partial charge in [0.25, 0.3) is 0 Å². The van der Waals surface area contributed by atoms with Crippen molar-refractivity contribution in [1.29, 1.82) is 0 Å². The third-order valence-corrected chi connectivity index (χ3v) is 2.73.